The first-order valence-electron chi connectivity index (χ1n) is 11.9. The fourth-order valence-corrected chi connectivity index (χ4v) is 4.77. The molecule has 0 aromatic heterocycles. The van der Waals surface area contributed by atoms with Gasteiger partial charge in [-0.05, 0) is 48.1 Å². The lowest BCUT2D eigenvalue weighted by molar-refractivity contribution is -0.00785. The van der Waals surface area contributed by atoms with Crippen LogP contribution in [-0.4, -0.2) is 65.5 Å². The van der Waals surface area contributed by atoms with Crippen LogP contribution in [0.15, 0.2) is 42.5 Å². The number of aliphatic hydroxyl groups is 1. The lowest BCUT2D eigenvalue weighted by Gasteiger charge is -2.48. The summed E-state index contributed by atoms with van der Waals surface area (Å²) in [6.07, 6.45) is -1.96. The van der Waals surface area contributed by atoms with Crippen molar-refractivity contribution in [3.8, 4) is 5.75 Å². The highest BCUT2D eigenvalue weighted by molar-refractivity contribution is 5.99. The van der Waals surface area contributed by atoms with Crippen LogP contribution >= 0.6 is 0 Å². The van der Waals surface area contributed by atoms with Crippen molar-refractivity contribution < 1.29 is 34.1 Å². The van der Waals surface area contributed by atoms with E-state index >= 15 is 0 Å². The first-order chi connectivity index (χ1) is 17.0. The molecule has 0 radical (unpaired) electrons. The van der Waals surface area contributed by atoms with Crippen molar-refractivity contribution in [1.29, 1.82) is 0 Å². The zero-order valence-electron chi connectivity index (χ0n) is 21.3. The third-order valence-corrected chi connectivity index (χ3v) is 6.32. The molecule has 0 saturated carbocycles. The lowest BCUT2D eigenvalue weighted by Crippen LogP contribution is -2.57. The number of hydrogen-bond acceptors (Lipinski definition) is 6. The monoisotopic (exact) mass is 498 g/mol. The Balaban J connectivity index is 1.83. The Morgan fingerprint density at radius 3 is 2.47 bits per heavy atom. The lowest BCUT2D eigenvalue weighted by atomic mass is 9.75. The summed E-state index contributed by atoms with van der Waals surface area (Å²) in [5.74, 6) is -0.864. The standard InChI is InChI=1S/C27H34N2O7/c1-6-36-22-14-17(25(32)35-5)11-12-19(22)24(31)28-15-21(30)20-13-16-9-7-8-10-18(16)23(27(2,3)4)29(20)26(33)34/h7-12,14,20-21,23,30H,6,13,15H2,1-5H3,(H,28,31)(H,33,34)/t20?,21-,23-/m1/s1. The molecule has 9 nitrogen and oxygen atoms in total. The van der Waals surface area contributed by atoms with Crippen LogP contribution in [0.3, 0.4) is 0 Å². The van der Waals surface area contributed by atoms with Gasteiger partial charge in [0.2, 0.25) is 0 Å². The smallest absolute Gasteiger partial charge is 0.408 e. The zero-order valence-corrected chi connectivity index (χ0v) is 21.3. The number of fused-ring (bicyclic) bond motifs is 1. The normalized spacial score (nSPS) is 18.1. The number of rotatable bonds is 7. The molecule has 9 heteroatoms. The van der Waals surface area contributed by atoms with E-state index < -0.39 is 41.6 Å². The summed E-state index contributed by atoms with van der Waals surface area (Å²) in [4.78, 5) is 38.5. The summed E-state index contributed by atoms with van der Waals surface area (Å²) in [7, 11) is 1.26. The first-order valence-corrected chi connectivity index (χ1v) is 11.9. The van der Waals surface area contributed by atoms with E-state index in [1.54, 1.807) is 6.92 Å². The summed E-state index contributed by atoms with van der Waals surface area (Å²) in [6, 6.07) is 10.8. The number of benzene rings is 2. The topological polar surface area (TPSA) is 125 Å². The summed E-state index contributed by atoms with van der Waals surface area (Å²) < 4.78 is 10.3. The van der Waals surface area contributed by atoms with Gasteiger partial charge in [-0.15, -0.1) is 0 Å². The predicted octanol–water partition coefficient (Wildman–Crippen LogP) is 3.65. The van der Waals surface area contributed by atoms with E-state index in [0.29, 0.717) is 6.42 Å². The van der Waals surface area contributed by atoms with Crippen LogP contribution in [0.25, 0.3) is 0 Å². The Morgan fingerprint density at radius 1 is 1.17 bits per heavy atom. The minimum Gasteiger partial charge on any atom is -0.493 e. The number of ether oxygens (including phenoxy) is 2. The molecule has 1 aliphatic heterocycles. The van der Waals surface area contributed by atoms with E-state index in [4.69, 9.17) is 9.47 Å². The predicted molar refractivity (Wildman–Crippen MR) is 133 cm³/mol. The summed E-state index contributed by atoms with van der Waals surface area (Å²) in [5.41, 5.74) is 1.90. The molecule has 36 heavy (non-hydrogen) atoms. The van der Waals surface area contributed by atoms with Gasteiger partial charge in [-0.1, -0.05) is 45.0 Å². The molecule has 0 spiro atoms. The van der Waals surface area contributed by atoms with Crippen LogP contribution in [0, 0.1) is 5.41 Å². The van der Waals surface area contributed by atoms with Crippen LogP contribution in [0.4, 0.5) is 4.79 Å². The highest BCUT2D eigenvalue weighted by atomic mass is 16.5. The maximum atomic E-state index is 13.0. The van der Waals surface area contributed by atoms with Gasteiger partial charge in [0.1, 0.15) is 5.75 Å². The number of nitrogens with zero attached hydrogens (tertiary/aromatic N) is 1. The molecule has 194 valence electrons. The highest BCUT2D eigenvalue weighted by Crippen LogP contribution is 2.44. The van der Waals surface area contributed by atoms with Gasteiger partial charge < -0.3 is 25.0 Å². The minimum atomic E-state index is -1.16. The second-order valence-electron chi connectivity index (χ2n) is 9.84. The third-order valence-electron chi connectivity index (χ3n) is 6.32. The summed E-state index contributed by atoms with van der Waals surface area (Å²) >= 11 is 0. The van der Waals surface area contributed by atoms with Crippen molar-refractivity contribution in [3.05, 3.63) is 64.7 Å². The number of methoxy groups -OCH3 is 1. The van der Waals surface area contributed by atoms with Gasteiger partial charge in [-0.2, -0.15) is 0 Å². The Kier molecular flexibility index (Phi) is 8.24. The molecule has 3 rings (SSSR count). The summed E-state index contributed by atoms with van der Waals surface area (Å²) in [5, 5.41) is 23.9. The summed E-state index contributed by atoms with van der Waals surface area (Å²) in [6.45, 7) is 7.76. The largest absolute Gasteiger partial charge is 0.493 e. The van der Waals surface area contributed by atoms with E-state index in [-0.39, 0.29) is 30.0 Å². The van der Waals surface area contributed by atoms with Crippen molar-refractivity contribution in [1.82, 2.24) is 10.2 Å². The van der Waals surface area contributed by atoms with Crippen LogP contribution in [0.5, 0.6) is 5.75 Å². The van der Waals surface area contributed by atoms with Gasteiger partial charge in [-0.25, -0.2) is 9.59 Å². The molecular weight excluding hydrogens is 464 g/mol. The van der Waals surface area contributed by atoms with Gasteiger partial charge in [0.05, 0.1) is 43.0 Å². The molecule has 3 atom stereocenters. The van der Waals surface area contributed by atoms with E-state index in [1.807, 2.05) is 45.0 Å². The average Bonchev–Trinajstić information content (AvgIpc) is 2.84. The SMILES string of the molecule is CCOc1cc(C(=O)OC)ccc1C(=O)NC[C@@H](O)C1Cc2ccccc2[C@H](C(C)(C)C)N1C(=O)O. The van der Waals surface area contributed by atoms with Crippen LogP contribution < -0.4 is 10.1 Å². The first kappa shape index (κ1) is 27.0. The number of hydrogen-bond donors (Lipinski definition) is 3. The second-order valence-corrected chi connectivity index (χ2v) is 9.84. The molecule has 2 aromatic carbocycles. The van der Waals surface area contributed by atoms with Crippen molar-refractivity contribution in [2.45, 2.75) is 52.3 Å². The van der Waals surface area contributed by atoms with Gasteiger partial charge in [0.25, 0.3) is 5.91 Å². The van der Waals surface area contributed by atoms with E-state index in [0.717, 1.165) is 11.1 Å². The number of carbonyl (C=O) groups is 3. The number of nitrogens with one attached hydrogen (secondary N) is 1. The fraction of sp³-hybridized carbons (Fsp3) is 0.444. The zero-order chi connectivity index (χ0) is 26.6. The van der Waals surface area contributed by atoms with Crippen molar-refractivity contribution in [2.75, 3.05) is 20.3 Å². The Labute approximate surface area is 211 Å². The van der Waals surface area contributed by atoms with Crippen molar-refractivity contribution in [2.24, 2.45) is 5.41 Å². The van der Waals surface area contributed by atoms with E-state index in [9.17, 15) is 24.6 Å². The number of carbonyl (C=O) groups excluding carboxylic acids is 2. The molecule has 0 bridgehead atoms. The quantitative estimate of drug-likeness (QED) is 0.498. The third kappa shape index (κ3) is 5.62. The molecule has 2 amide bonds. The van der Waals surface area contributed by atoms with Gasteiger partial charge in [0.15, 0.2) is 0 Å². The molecule has 0 aliphatic carbocycles. The molecule has 1 heterocycles. The molecule has 0 saturated heterocycles. The Morgan fingerprint density at radius 2 is 1.86 bits per heavy atom. The van der Waals surface area contributed by atoms with Crippen molar-refractivity contribution in [3.63, 3.8) is 0 Å². The molecule has 2 aromatic rings. The Hall–Kier alpha value is -3.59. The van der Waals surface area contributed by atoms with E-state index in [2.05, 4.69) is 5.32 Å². The molecule has 1 aliphatic rings. The van der Waals surface area contributed by atoms with E-state index in [1.165, 1.54) is 30.2 Å². The number of esters is 1. The molecule has 1 unspecified atom stereocenters. The van der Waals surface area contributed by atoms with Crippen LogP contribution in [0.1, 0.15) is 65.6 Å². The molecule has 3 N–H and O–H groups in total. The molecule has 0 fully saturated rings. The van der Waals surface area contributed by atoms with Gasteiger partial charge in [0, 0.05) is 6.54 Å². The number of amides is 2. The average molecular weight is 499 g/mol. The number of carboxylic acid groups (broad SMARTS) is 1. The van der Waals surface area contributed by atoms with Crippen LogP contribution in [-0.2, 0) is 11.2 Å². The minimum absolute atomic E-state index is 0.170. The maximum absolute atomic E-state index is 13.0. The highest BCUT2D eigenvalue weighted by Gasteiger charge is 2.45. The van der Waals surface area contributed by atoms with Gasteiger partial charge in [-0.3, -0.25) is 9.69 Å². The van der Waals surface area contributed by atoms with Crippen molar-refractivity contribution >= 4 is 18.0 Å². The maximum Gasteiger partial charge on any atom is 0.408 e. The van der Waals surface area contributed by atoms with Crippen LogP contribution in [0.2, 0.25) is 0 Å². The molecular formula is C27H34N2O7. The fourth-order valence-electron chi connectivity index (χ4n) is 4.77. The second kappa shape index (κ2) is 11.0. The van der Waals surface area contributed by atoms with Gasteiger partial charge >= 0.3 is 12.1 Å². The number of aliphatic hydroxyl groups excluding tert-OH is 1. The Bertz CT molecular complexity index is 1130.